The standard InChI is InChI=1S/C25H27NO.C14H11F3N2O.2C2H6/c1-19-7-5-10-22(15-19)25(26-17-20-13-14-20)23-11-6-12-24(16-23)27-18-21-8-3-2-4-9-21;1-9(14(15,16)17)6-13(10(2)20)19-12-5-3-4-11(7-12)8-18;2*1-2/h2-12,15-16,20,25-26H,13-14,17-18H2,1H3;3-7,19H,1H2,2H3;2*1-2H3/b;13-6-;;. The lowest BCUT2D eigenvalue weighted by Crippen LogP contribution is -2.24. The van der Waals surface area contributed by atoms with E-state index in [4.69, 9.17) is 10.00 Å². The molecule has 0 bridgehead atoms. The summed E-state index contributed by atoms with van der Waals surface area (Å²) in [4.78, 5) is 11.4. The molecule has 270 valence electrons. The minimum Gasteiger partial charge on any atom is -0.489 e. The van der Waals surface area contributed by atoms with Crippen LogP contribution in [-0.2, 0) is 11.4 Å². The number of alkyl halides is 3. The van der Waals surface area contributed by atoms with Crippen molar-refractivity contribution in [2.75, 3.05) is 11.9 Å². The van der Waals surface area contributed by atoms with E-state index in [1.54, 1.807) is 6.07 Å². The van der Waals surface area contributed by atoms with Crippen LogP contribution in [0, 0.1) is 24.2 Å². The van der Waals surface area contributed by atoms with Crippen LogP contribution in [0.15, 0.2) is 127 Å². The highest BCUT2D eigenvalue weighted by atomic mass is 19.4. The highest BCUT2D eigenvalue weighted by Gasteiger charge is 2.31. The topological polar surface area (TPSA) is 74.2 Å². The molecule has 2 N–H and O–H groups in total. The van der Waals surface area contributed by atoms with Crippen molar-refractivity contribution in [3.8, 4) is 11.8 Å². The molecular formula is C43H50F3N3O2. The number of ketones is 1. The van der Waals surface area contributed by atoms with E-state index in [1.807, 2.05) is 58.0 Å². The predicted octanol–water partition coefficient (Wildman–Crippen LogP) is 11.3. The molecule has 4 aromatic rings. The van der Waals surface area contributed by atoms with E-state index in [0.717, 1.165) is 25.1 Å². The summed E-state index contributed by atoms with van der Waals surface area (Å²) in [7, 11) is 0. The minimum absolute atomic E-state index is 0.200. The first-order valence-electron chi connectivity index (χ1n) is 17.3. The van der Waals surface area contributed by atoms with Gasteiger partial charge in [0.1, 0.15) is 12.4 Å². The average Bonchev–Trinajstić information content (AvgIpc) is 3.97. The van der Waals surface area contributed by atoms with Crippen molar-refractivity contribution in [3.63, 3.8) is 0 Å². The van der Waals surface area contributed by atoms with Crippen molar-refractivity contribution in [2.24, 2.45) is 5.92 Å². The van der Waals surface area contributed by atoms with Crippen LogP contribution in [-0.4, -0.2) is 18.5 Å². The molecule has 1 fully saturated rings. The fourth-order valence-corrected chi connectivity index (χ4v) is 4.71. The fourth-order valence-electron chi connectivity index (χ4n) is 4.71. The maximum atomic E-state index is 12.4. The van der Waals surface area contributed by atoms with Gasteiger partial charge in [-0.3, -0.25) is 4.79 Å². The number of Topliss-reactive ketones (excluding diaryl/α,β-unsaturated/α-hetero) is 1. The Hall–Kier alpha value is -5.13. The summed E-state index contributed by atoms with van der Waals surface area (Å²) in [6.45, 7) is 15.8. The van der Waals surface area contributed by atoms with Gasteiger partial charge in [-0.2, -0.15) is 18.4 Å². The van der Waals surface area contributed by atoms with Gasteiger partial charge in [0.05, 0.1) is 28.9 Å². The Labute approximate surface area is 301 Å². The van der Waals surface area contributed by atoms with Gasteiger partial charge >= 0.3 is 6.18 Å². The van der Waals surface area contributed by atoms with Crippen LogP contribution in [0.4, 0.5) is 18.9 Å². The first-order valence-corrected chi connectivity index (χ1v) is 17.3. The molecule has 8 heteroatoms. The van der Waals surface area contributed by atoms with Gasteiger partial charge in [-0.25, -0.2) is 0 Å². The minimum atomic E-state index is -4.60. The van der Waals surface area contributed by atoms with Crippen LogP contribution in [0.5, 0.6) is 5.75 Å². The zero-order chi connectivity index (χ0) is 37.8. The number of aryl methyl sites for hydroxylation is 1. The van der Waals surface area contributed by atoms with Gasteiger partial charge < -0.3 is 15.4 Å². The summed E-state index contributed by atoms with van der Waals surface area (Å²) in [6.07, 6.45) is -1.25. The monoisotopic (exact) mass is 697 g/mol. The highest BCUT2D eigenvalue weighted by Crippen LogP contribution is 2.31. The van der Waals surface area contributed by atoms with Gasteiger partial charge in [0.2, 0.25) is 0 Å². The Morgan fingerprint density at radius 1 is 0.922 bits per heavy atom. The normalized spacial score (nSPS) is 12.6. The van der Waals surface area contributed by atoms with E-state index in [2.05, 4.69) is 78.7 Å². The smallest absolute Gasteiger partial charge is 0.415 e. The van der Waals surface area contributed by atoms with Gasteiger partial charge in [0, 0.05) is 12.6 Å². The number of hydrogen-bond acceptors (Lipinski definition) is 5. The molecule has 0 saturated heterocycles. The number of carbonyl (C=O) groups excluding carboxylic acids is 1. The molecule has 0 aromatic heterocycles. The van der Waals surface area contributed by atoms with Gasteiger partial charge in [0.25, 0.3) is 0 Å². The summed E-state index contributed by atoms with van der Waals surface area (Å²) in [5, 5.41) is 15.1. The maximum absolute atomic E-state index is 12.4. The second-order valence-corrected chi connectivity index (χ2v) is 11.5. The third-order valence-electron chi connectivity index (χ3n) is 7.46. The first kappa shape index (κ1) is 42.0. The molecular weight excluding hydrogens is 647 g/mol. The molecule has 0 amide bonds. The van der Waals surface area contributed by atoms with Crippen molar-refractivity contribution in [1.82, 2.24) is 5.32 Å². The molecule has 1 atom stereocenters. The van der Waals surface area contributed by atoms with Crippen molar-refractivity contribution in [2.45, 2.75) is 73.2 Å². The Morgan fingerprint density at radius 3 is 2.14 bits per heavy atom. The summed E-state index contributed by atoms with van der Waals surface area (Å²) in [5.41, 5.74) is 4.34. The number of nitriles is 1. The van der Waals surface area contributed by atoms with Gasteiger partial charge in [-0.1, -0.05) is 113 Å². The lowest BCUT2D eigenvalue weighted by atomic mass is 9.97. The van der Waals surface area contributed by atoms with Crippen molar-refractivity contribution in [3.05, 3.63) is 155 Å². The quantitative estimate of drug-likeness (QED) is 0.114. The number of hydrogen-bond donors (Lipinski definition) is 2. The van der Waals surface area contributed by atoms with Crippen molar-refractivity contribution >= 4 is 11.5 Å². The number of benzene rings is 4. The maximum Gasteiger partial charge on any atom is 0.415 e. The van der Waals surface area contributed by atoms with Crippen LogP contribution in [0.3, 0.4) is 0 Å². The predicted molar refractivity (Wildman–Crippen MR) is 202 cm³/mol. The largest absolute Gasteiger partial charge is 0.489 e. The molecule has 0 spiro atoms. The molecule has 0 radical (unpaired) electrons. The zero-order valence-corrected chi connectivity index (χ0v) is 30.5. The SMILES string of the molecule is C=C(/C=C(\Nc1cccc(C#N)c1)C(C)=O)C(F)(F)F.CC.CC.Cc1cccc(C(NCC2CC2)c2cccc(OCc3ccccc3)c2)c1. The first-order chi connectivity index (χ1) is 24.5. The number of halogens is 3. The number of ether oxygens (including phenoxy) is 1. The number of carbonyl (C=O) groups is 1. The molecule has 1 saturated carbocycles. The summed E-state index contributed by atoms with van der Waals surface area (Å²) in [6, 6.07) is 35.8. The lowest BCUT2D eigenvalue weighted by molar-refractivity contribution is -0.113. The van der Waals surface area contributed by atoms with E-state index in [-0.39, 0.29) is 11.7 Å². The molecule has 5 rings (SSSR count). The highest BCUT2D eigenvalue weighted by molar-refractivity contribution is 5.96. The Balaban J connectivity index is 0.000000336. The molecule has 4 aromatic carbocycles. The van der Waals surface area contributed by atoms with Crippen molar-refractivity contribution in [1.29, 1.82) is 5.26 Å². The van der Waals surface area contributed by atoms with E-state index in [0.29, 0.717) is 23.9 Å². The van der Waals surface area contributed by atoms with E-state index in [9.17, 15) is 18.0 Å². The van der Waals surface area contributed by atoms with Crippen LogP contribution in [0.2, 0.25) is 0 Å². The molecule has 0 heterocycles. The van der Waals surface area contributed by atoms with Crippen LogP contribution in [0.25, 0.3) is 0 Å². The Kier molecular flexibility index (Phi) is 18.0. The molecule has 0 aliphatic heterocycles. The molecule has 5 nitrogen and oxygen atoms in total. The molecule has 51 heavy (non-hydrogen) atoms. The Bertz CT molecular complexity index is 1740. The van der Waals surface area contributed by atoms with Gasteiger partial charge in [-0.15, -0.1) is 0 Å². The Morgan fingerprint density at radius 2 is 1.55 bits per heavy atom. The number of nitrogens with one attached hydrogen (secondary N) is 2. The number of nitrogens with zero attached hydrogens (tertiary/aromatic N) is 1. The third-order valence-corrected chi connectivity index (χ3v) is 7.46. The number of allylic oxidation sites excluding steroid dienone is 3. The summed E-state index contributed by atoms with van der Waals surface area (Å²) < 4.78 is 43.3. The van der Waals surface area contributed by atoms with Gasteiger partial charge in [-0.05, 0) is 85.3 Å². The number of anilines is 1. The zero-order valence-electron chi connectivity index (χ0n) is 30.5. The second-order valence-electron chi connectivity index (χ2n) is 11.5. The molecule has 1 aliphatic rings. The van der Waals surface area contributed by atoms with Crippen LogP contribution in [0.1, 0.15) is 81.3 Å². The fraction of sp³-hybridized carbons (Fsp3) is 0.302. The summed E-state index contributed by atoms with van der Waals surface area (Å²) in [5.74, 6) is 1.19. The van der Waals surface area contributed by atoms with E-state index < -0.39 is 17.5 Å². The van der Waals surface area contributed by atoms with E-state index >= 15 is 0 Å². The van der Waals surface area contributed by atoms with Crippen LogP contribution < -0.4 is 15.4 Å². The second kappa shape index (κ2) is 21.8. The van der Waals surface area contributed by atoms with Gasteiger partial charge in [0.15, 0.2) is 5.78 Å². The molecule has 1 aliphatic carbocycles. The average molecular weight is 698 g/mol. The summed E-state index contributed by atoms with van der Waals surface area (Å²) >= 11 is 0. The van der Waals surface area contributed by atoms with Crippen LogP contribution >= 0.6 is 0 Å². The molecule has 1 unspecified atom stereocenters. The van der Waals surface area contributed by atoms with Crippen molar-refractivity contribution < 1.29 is 22.7 Å². The lowest BCUT2D eigenvalue weighted by Gasteiger charge is -2.21. The van der Waals surface area contributed by atoms with E-state index in [1.165, 1.54) is 53.3 Å². The number of rotatable bonds is 12. The third kappa shape index (κ3) is 15.1.